The number of carbonyl (C=O) groups excluding carboxylic acids is 1. The smallest absolute Gasteiger partial charge is 0.321 e. The number of carbonyl (C=O) groups is 1. The van der Waals surface area contributed by atoms with E-state index in [0.717, 1.165) is 32.6 Å². The Morgan fingerprint density at radius 3 is 2.60 bits per heavy atom. The minimum atomic E-state index is -0.292. The van der Waals surface area contributed by atoms with Gasteiger partial charge in [-0.05, 0) is 36.8 Å². The quantitative estimate of drug-likeness (QED) is 0.447. The largest absolute Gasteiger partial charge is 0.388 e. The molecule has 0 fully saturated rings. The number of aromatic nitrogens is 4. The van der Waals surface area contributed by atoms with Gasteiger partial charge < -0.3 is 10.4 Å². The van der Waals surface area contributed by atoms with Gasteiger partial charge in [0.15, 0.2) is 11.0 Å². The zero-order valence-corrected chi connectivity index (χ0v) is 16.4. The molecule has 0 aliphatic rings. The van der Waals surface area contributed by atoms with Crippen LogP contribution in [0, 0.1) is 0 Å². The third-order valence-electron chi connectivity index (χ3n) is 4.17. The summed E-state index contributed by atoms with van der Waals surface area (Å²) in [4.78, 5) is 29.3. The van der Waals surface area contributed by atoms with Crippen LogP contribution in [0.4, 0.5) is 9.93 Å². The summed E-state index contributed by atoms with van der Waals surface area (Å²) < 4.78 is 0.923. The van der Waals surface area contributed by atoms with E-state index in [1.807, 2.05) is 37.3 Å². The third kappa shape index (κ3) is 4.42. The lowest BCUT2D eigenvalue weighted by molar-refractivity contribution is 0.252. The van der Waals surface area contributed by atoms with Crippen LogP contribution in [-0.2, 0) is 6.61 Å². The molecule has 9 heteroatoms. The van der Waals surface area contributed by atoms with Gasteiger partial charge in [-0.25, -0.2) is 19.7 Å². The van der Waals surface area contributed by atoms with Gasteiger partial charge in [-0.3, -0.25) is 10.3 Å². The third-order valence-corrected chi connectivity index (χ3v) is 5.19. The Kier molecular flexibility index (Phi) is 6.65. The highest BCUT2D eigenvalue weighted by atomic mass is 32.1. The van der Waals surface area contributed by atoms with Crippen molar-refractivity contribution < 1.29 is 9.90 Å². The summed E-state index contributed by atoms with van der Waals surface area (Å²) in [6.07, 6.45) is 5.08. The predicted molar refractivity (Wildman–Crippen MR) is 119 cm³/mol. The van der Waals surface area contributed by atoms with Gasteiger partial charge in [0, 0.05) is 36.3 Å². The van der Waals surface area contributed by atoms with Crippen molar-refractivity contribution in [1.82, 2.24) is 25.3 Å². The fourth-order valence-corrected chi connectivity index (χ4v) is 3.82. The zero-order valence-electron chi connectivity index (χ0n) is 15.6. The summed E-state index contributed by atoms with van der Waals surface area (Å²) >= 11 is 1.40. The van der Waals surface area contributed by atoms with Crippen LogP contribution >= 0.6 is 11.3 Å². The molecule has 0 spiro atoms. The number of nitrogens with one attached hydrogen (secondary N) is 2. The minimum Gasteiger partial charge on any atom is -0.388 e. The Morgan fingerprint density at radius 1 is 1.13 bits per heavy atom. The highest BCUT2D eigenvalue weighted by Crippen LogP contribution is 2.37. The van der Waals surface area contributed by atoms with Crippen LogP contribution < -0.4 is 10.6 Å². The molecule has 0 unspecified atom stereocenters. The first-order chi connectivity index (χ1) is 14.2. The number of urea groups is 1. The number of aliphatic hydroxyl groups is 1. The Balaban J connectivity index is 0.00000256. The van der Waals surface area contributed by atoms with E-state index >= 15 is 0 Å². The van der Waals surface area contributed by atoms with E-state index in [4.69, 9.17) is 5.11 Å². The maximum Gasteiger partial charge on any atom is 0.321 e. The van der Waals surface area contributed by atoms with Gasteiger partial charge in [0.25, 0.3) is 0 Å². The number of hydrogen-bond acceptors (Lipinski definition) is 7. The van der Waals surface area contributed by atoms with Crippen molar-refractivity contribution >= 4 is 32.7 Å². The predicted octanol–water partition coefficient (Wildman–Crippen LogP) is 4.09. The number of anilines is 1. The molecule has 0 aliphatic carbocycles. The highest BCUT2D eigenvalue weighted by Gasteiger charge is 2.15. The Morgan fingerprint density at radius 2 is 1.93 bits per heavy atom. The first-order valence-electron chi connectivity index (χ1n) is 9.01. The molecular formula is C21H22N6O2S. The van der Waals surface area contributed by atoms with Crippen LogP contribution in [0.5, 0.6) is 0 Å². The SMILES string of the molecule is C.CCNC(=O)Nc1nc2cc(-c3cnc(CO)nc3)cc(-c3ccccn3)c2s1. The first-order valence-corrected chi connectivity index (χ1v) is 9.82. The molecule has 0 atom stereocenters. The van der Waals surface area contributed by atoms with Gasteiger partial charge in [0.1, 0.15) is 6.61 Å². The van der Waals surface area contributed by atoms with Gasteiger partial charge in [-0.1, -0.05) is 24.8 Å². The molecule has 30 heavy (non-hydrogen) atoms. The molecule has 154 valence electrons. The molecule has 0 aliphatic heterocycles. The molecule has 0 saturated carbocycles. The molecule has 4 rings (SSSR count). The molecule has 3 N–H and O–H groups in total. The number of thiazole rings is 1. The van der Waals surface area contributed by atoms with E-state index in [-0.39, 0.29) is 20.1 Å². The first kappa shape index (κ1) is 21.3. The lowest BCUT2D eigenvalue weighted by Crippen LogP contribution is -2.28. The lowest BCUT2D eigenvalue weighted by Gasteiger charge is -2.07. The van der Waals surface area contributed by atoms with Gasteiger partial charge in [-0.15, -0.1) is 0 Å². The highest BCUT2D eigenvalue weighted by molar-refractivity contribution is 7.22. The Bertz CT molecular complexity index is 1150. The van der Waals surface area contributed by atoms with Crippen LogP contribution in [0.2, 0.25) is 0 Å². The van der Waals surface area contributed by atoms with Crippen LogP contribution in [0.3, 0.4) is 0 Å². The van der Waals surface area contributed by atoms with Crippen molar-refractivity contribution in [3.63, 3.8) is 0 Å². The number of rotatable bonds is 5. The number of benzene rings is 1. The van der Waals surface area contributed by atoms with Crippen LogP contribution in [0.15, 0.2) is 48.9 Å². The number of aliphatic hydroxyl groups excluding tert-OH is 1. The summed E-state index contributed by atoms with van der Waals surface area (Å²) in [5.41, 5.74) is 4.13. The second kappa shape index (κ2) is 9.38. The lowest BCUT2D eigenvalue weighted by atomic mass is 10.0. The molecule has 0 radical (unpaired) electrons. The number of hydrogen-bond donors (Lipinski definition) is 3. The second-order valence-electron chi connectivity index (χ2n) is 6.14. The summed E-state index contributed by atoms with van der Waals surface area (Å²) in [6.45, 7) is 2.18. The zero-order chi connectivity index (χ0) is 20.2. The number of amides is 2. The molecule has 2 amide bonds. The number of pyridine rings is 1. The molecule has 0 saturated heterocycles. The van der Waals surface area contributed by atoms with Gasteiger partial charge in [0.2, 0.25) is 0 Å². The molecule has 0 bridgehead atoms. The maximum absolute atomic E-state index is 11.9. The molecule has 3 heterocycles. The molecular weight excluding hydrogens is 400 g/mol. The minimum absolute atomic E-state index is 0. The van der Waals surface area contributed by atoms with Crippen molar-refractivity contribution in [2.24, 2.45) is 0 Å². The average molecular weight is 423 g/mol. The topological polar surface area (TPSA) is 113 Å². The Hall–Kier alpha value is -3.43. The van der Waals surface area contributed by atoms with Crippen molar-refractivity contribution in [2.45, 2.75) is 21.0 Å². The van der Waals surface area contributed by atoms with E-state index < -0.39 is 0 Å². The van der Waals surface area contributed by atoms with Crippen molar-refractivity contribution in [3.8, 4) is 22.4 Å². The van der Waals surface area contributed by atoms with Crippen molar-refractivity contribution in [2.75, 3.05) is 11.9 Å². The molecule has 4 aromatic rings. The number of nitrogens with zero attached hydrogens (tertiary/aromatic N) is 4. The van der Waals surface area contributed by atoms with E-state index in [2.05, 4.69) is 30.6 Å². The van der Waals surface area contributed by atoms with E-state index in [1.165, 1.54) is 11.3 Å². The summed E-state index contributed by atoms with van der Waals surface area (Å²) in [5.74, 6) is 0.363. The standard InChI is InChI=1S/C20H18N6O2S.CH4/c1-2-21-19(28)26-20-25-16-8-12(13-9-23-17(11-27)24-10-13)7-14(18(16)29-20)15-5-3-4-6-22-15;/h3-10,27H,2,11H2,1H3,(H2,21,25,26,28);1H4. The van der Waals surface area contributed by atoms with E-state index in [1.54, 1.807) is 18.6 Å². The van der Waals surface area contributed by atoms with Gasteiger partial charge in [-0.2, -0.15) is 0 Å². The summed E-state index contributed by atoms with van der Waals surface area (Å²) in [7, 11) is 0. The summed E-state index contributed by atoms with van der Waals surface area (Å²) in [5, 5.41) is 15.1. The van der Waals surface area contributed by atoms with Gasteiger partial charge >= 0.3 is 6.03 Å². The van der Waals surface area contributed by atoms with Crippen molar-refractivity contribution in [3.05, 3.63) is 54.7 Å². The monoisotopic (exact) mass is 422 g/mol. The van der Waals surface area contributed by atoms with Gasteiger partial charge in [0.05, 0.1) is 15.9 Å². The van der Waals surface area contributed by atoms with Crippen molar-refractivity contribution in [1.29, 1.82) is 0 Å². The molecule has 3 aromatic heterocycles. The van der Waals surface area contributed by atoms with Crippen LogP contribution in [0.1, 0.15) is 20.2 Å². The average Bonchev–Trinajstić information content (AvgIpc) is 3.16. The Labute approximate surface area is 178 Å². The maximum atomic E-state index is 11.9. The van der Waals surface area contributed by atoms with E-state index in [9.17, 15) is 4.79 Å². The molecule has 1 aromatic carbocycles. The fourth-order valence-electron chi connectivity index (χ4n) is 2.85. The molecule has 8 nitrogen and oxygen atoms in total. The fraction of sp³-hybridized carbons (Fsp3) is 0.190. The number of fused-ring (bicyclic) bond motifs is 1. The van der Waals surface area contributed by atoms with Crippen LogP contribution in [0.25, 0.3) is 32.6 Å². The second-order valence-corrected chi connectivity index (χ2v) is 7.14. The normalized spacial score (nSPS) is 10.5. The van der Waals surface area contributed by atoms with Crippen LogP contribution in [-0.4, -0.2) is 37.6 Å². The summed E-state index contributed by atoms with van der Waals surface area (Å²) in [6, 6.07) is 9.36. The van der Waals surface area contributed by atoms with E-state index in [0.29, 0.717) is 17.5 Å².